The highest BCUT2D eigenvalue weighted by Crippen LogP contribution is 2.35. The van der Waals surface area contributed by atoms with E-state index in [9.17, 15) is 14.7 Å². The average Bonchev–Trinajstić information content (AvgIpc) is 2.91. The number of rotatable bonds is 10. The number of hydrogen-bond acceptors (Lipinski definition) is 5. The van der Waals surface area contributed by atoms with Crippen molar-refractivity contribution in [2.45, 2.75) is 77.6 Å². The van der Waals surface area contributed by atoms with Crippen molar-refractivity contribution < 1.29 is 14.7 Å². The molecule has 2 aliphatic rings. The van der Waals surface area contributed by atoms with E-state index in [4.69, 9.17) is 9.97 Å². The first-order valence-electron chi connectivity index (χ1n) is 14.1. The van der Waals surface area contributed by atoms with E-state index in [0.717, 1.165) is 69.7 Å². The lowest BCUT2D eigenvalue weighted by molar-refractivity contribution is -0.137. The lowest BCUT2D eigenvalue weighted by Gasteiger charge is -2.33. The molecule has 0 unspecified atom stereocenters. The maximum absolute atomic E-state index is 13.7. The van der Waals surface area contributed by atoms with Gasteiger partial charge in [0.2, 0.25) is 5.95 Å². The topological polar surface area (TPSA) is 86.6 Å². The Morgan fingerprint density at radius 1 is 1.05 bits per heavy atom. The van der Waals surface area contributed by atoms with Crippen LogP contribution in [0, 0.1) is 11.8 Å². The van der Waals surface area contributed by atoms with Crippen LogP contribution < -0.4 is 4.90 Å². The van der Waals surface area contributed by atoms with Gasteiger partial charge >= 0.3 is 5.97 Å². The number of aromatic nitrogens is 2. The first-order valence-corrected chi connectivity index (χ1v) is 14.1. The fourth-order valence-electron chi connectivity index (χ4n) is 5.79. The maximum Gasteiger partial charge on any atom is 0.305 e. The van der Waals surface area contributed by atoms with E-state index in [0.29, 0.717) is 18.0 Å². The van der Waals surface area contributed by atoms with Gasteiger partial charge in [-0.25, -0.2) is 9.97 Å². The Morgan fingerprint density at radius 2 is 1.76 bits per heavy atom. The van der Waals surface area contributed by atoms with Crippen LogP contribution in [0.25, 0.3) is 0 Å². The second-order valence-electron chi connectivity index (χ2n) is 11.2. The molecule has 1 saturated carbocycles. The van der Waals surface area contributed by atoms with E-state index in [2.05, 4.69) is 35.2 Å². The van der Waals surface area contributed by atoms with Crippen LogP contribution >= 0.6 is 0 Å². The SMILES string of the molecule is CC(C)CN(CCC(=O)O)C(=O)c1cnc(N2CCC(Cc3ccccc3)CC2)nc1C1CCCCC1. The largest absolute Gasteiger partial charge is 0.481 e. The zero-order valence-corrected chi connectivity index (χ0v) is 22.4. The molecule has 200 valence electrons. The standard InChI is InChI=1S/C30H42N4O3/c1-22(2)21-34(18-15-27(35)36)29(37)26-20-31-30(32-28(26)25-11-7-4-8-12-25)33-16-13-24(14-17-33)19-23-9-5-3-6-10-23/h3,5-6,9-10,20,22,24-25H,4,7-8,11-19,21H2,1-2H3,(H,35,36). The molecule has 1 amide bonds. The fourth-order valence-corrected chi connectivity index (χ4v) is 5.79. The van der Waals surface area contributed by atoms with Crippen molar-refractivity contribution in [2.75, 3.05) is 31.1 Å². The van der Waals surface area contributed by atoms with Gasteiger partial charge in [0, 0.05) is 38.3 Å². The second-order valence-corrected chi connectivity index (χ2v) is 11.2. The van der Waals surface area contributed by atoms with Gasteiger partial charge in [-0.2, -0.15) is 0 Å². The number of aliphatic carboxylic acids is 1. The van der Waals surface area contributed by atoms with Crippen LogP contribution in [0.15, 0.2) is 36.5 Å². The quantitative estimate of drug-likeness (QED) is 0.454. The molecule has 37 heavy (non-hydrogen) atoms. The van der Waals surface area contributed by atoms with Gasteiger partial charge in [-0.05, 0) is 49.5 Å². The third kappa shape index (κ3) is 7.53. The minimum atomic E-state index is -0.892. The molecule has 2 fully saturated rings. The minimum absolute atomic E-state index is 0.0614. The summed E-state index contributed by atoms with van der Waals surface area (Å²) in [4.78, 5) is 38.6. The first kappa shape index (κ1) is 27.1. The predicted molar refractivity (Wildman–Crippen MR) is 146 cm³/mol. The van der Waals surface area contributed by atoms with Gasteiger partial charge in [0.15, 0.2) is 0 Å². The molecule has 1 aliphatic carbocycles. The van der Waals surface area contributed by atoms with Gasteiger partial charge in [0.25, 0.3) is 5.91 Å². The van der Waals surface area contributed by atoms with E-state index in [-0.39, 0.29) is 30.7 Å². The molecule has 1 aromatic heterocycles. The van der Waals surface area contributed by atoms with E-state index in [1.807, 2.05) is 13.8 Å². The van der Waals surface area contributed by atoms with E-state index in [1.54, 1.807) is 11.1 Å². The molecular weight excluding hydrogens is 464 g/mol. The fraction of sp³-hybridized carbons (Fsp3) is 0.600. The summed E-state index contributed by atoms with van der Waals surface area (Å²) in [5.41, 5.74) is 2.82. The lowest BCUT2D eigenvalue weighted by atomic mass is 9.85. The van der Waals surface area contributed by atoms with Crippen LogP contribution in [-0.4, -0.2) is 58.0 Å². The highest BCUT2D eigenvalue weighted by atomic mass is 16.4. The summed E-state index contributed by atoms with van der Waals surface area (Å²) < 4.78 is 0. The number of carbonyl (C=O) groups is 2. The number of anilines is 1. The summed E-state index contributed by atoms with van der Waals surface area (Å²) in [5, 5.41) is 9.22. The summed E-state index contributed by atoms with van der Waals surface area (Å²) in [6.45, 7) is 6.66. The van der Waals surface area contributed by atoms with Crippen LogP contribution in [0.3, 0.4) is 0 Å². The van der Waals surface area contributed by atoms with Gasteiger partial charge in [0.1, 0.15) is 0 Å². The number of hydrogen-bond donors (Lipinski definition) is 1. The normalized spacial score (nSPS) is 17.2. The van der Waals surface area contributed by atoms with Gasteiger partial charge < -0.3 is 14.9 Å². The Morgan fingerprint density at radius 3 is 2.41 bits per heavy atom. The van der Waals surface area contributed by atoms with Gasteiger partial charge in [-0.1, -0.05) is 63.4 Å². The Labute approximate surface area is 221 Å². The molecule has 4 rings (SSSR count). The Balaban J connectivity index is 1.52. The molecule has 7 heteroatoms. The molecule has 0 bridgehead atoms. The Kier molecular flexibility index (Phi) is 9.53. The molecule has 1 aliphatic heterocycles. The third-order valence-corrected chi connectivity index (χ3v) is 7.76. The van der Waals surface area contributed by atoms with Crippen molar-refractivity contribution in [1.29, 1.82) is 0 Å². The number of amides is 1. The molecular formula is C30H42N4O3. The smallest absolute Gasteiger partial charge is 0.305 e. The summed E-state index contributed by atoms with van der Waals surface area (Å²) in [5.74, 6) is 0.867. The Bertz CT molecular complexity index is 1030. The molecule has 0 spiro atoms. The van der Waals surface area contributed by atoms with Crippen molar-refractivity contribution >= 4 is 17.8 Å². The number of nitrogens with zero attached hydrogens (tertiary/aromatic N) is 4. The second kappa shape index (κ2) is 13.0. The monoisotopic (exact) mass is 506 g/mol. The number of piperidine rings is 1. The highest BCUT2D eigenvalue weighted by molar-refractivity contribution is 5.95. The van der Waals surface area contributed by atoms with E-state index in [1.165, 1.54) is 12.0 Å². The molecule has 1 N–H and O–H groups in total. The first-order chi connectivity index (χ1) is 17.9. The van der Waals surface area contributed by atoms with Crippen molar-refractivity contribution in [2.24, 2.45) is 11.8 Å². The van der Waals surface area contributed by atoms with E-state index < -0.39 is 5.97 Å². The third-order valence-electron chi connectivity index (χ3n) is 7.76. The van der Waals surface area contributed by atoms with Crippen molar-refractivity contribution in [3.63, 3.8) is 0 Å². The summed E-state index contributed by atoms with van der Waals surface area (Å²) in [6, 6.07) is 10.7. The van der Waals surface area contributed by atoms with Gasteiger partial charge in [-0.15, -0.1) is 0 Å². The summed E-state index contributed by atoms with van der Waals surface area (Å²) >= 11 is 0. The molecule has 7 nitrogen and oxygen atoms in total. The van der Waals surface area contributed by atoms with Gasteiger partial charge in [0.05, 0.1) is 17.7 Å². The number of carbonyl (C=O) groups excluding carboxylic acids is 1. The predicted octanol–water partition coefficient (Wildman–Crippen LogP) is 5.56. The molecule has 0 radical (unpaired) electrons. The molecule has 0 atom stereocenters. The number of benzene rings is 1. The maximum atomic E-state index is 13.7. The van der Waals surface area contributed by atoms with Crippen molar-refractivity contribution in [3.05, 3.63) is 53.3 Å². The van der Waals surface area contributed by atoms with Crippen molar-refractivity contribution in [1.82, 2.24) is 14.9 Å². The minimum Gasteiger partial charge on any atom is -0.481 e. The summed E-state index contributed by atoms with van der Waals surface area (Å²) in [6.07, 6.45) is 10.6. The van der Waals surface area contributed by atoms with E-state index >= 15 is 0 Å². The Hall–Kier alpha value is -2.96. The van der Waals surface area contributed by atoms with Crippen LogP contribution in [-0.2, 0) is 11.2 Å². The lowest BCUT2D eigenvalue weighted by Crippen LogP contribution is -2.38. The molecule has 2 heterocycles. The van der Waals surface area contributed by atoms with Crippen LogP contribution in [0.1, 0.15) is 92.7 Å². The highest BCUT2D eigenvalue weighted by Gasteiger charge is 2.29. The van der Waals surface area contributed by atoms with Gasteiger partial charge in [-0.3, -0.25) is 9.59 Å². The zero-order valence-electron chi connectivity index (χ0n) is 22.4. The van der Waals surface area contributed by atoms with Crippen LogP contribution in [0.4, 0.5) is 5.95 Å². The summed E-state index contributed by atoms with van der Waals surface area (Å²) in [7, 11) is 0. The number of carboxylic acids is 1. The van der Waals surface area contributed by atoms with Crippen molar-refractivity contribution in [3.8, 4) is 0 Å². The average molecular weight is 507 g/mol. The molecule has 1 aromatic carbocycles. The van der Waals surface area contributed by atoms with Crippen LogP contribution in [0.5, 0.6) is 0 Å². The van der Waals surface area contributed by atoms with Crippen LogP contribution in [0.2, 0.25) is 0 Å². The molecule has 2 aromatic rings. The zero-order chi connectivity index (χ0) is 26.2. The number of carboxylic acid groups (broad SMARTS) is 1. The molecule has 1 saturated heterocycles.